The third-order valence-electron chi connectivity index (χ3n) is 5.16. The molecule has 0 radical (unpaired) electrons. The molecule has 22 heavy (non-hydrogen) atoms. The van der Waals surface area contributed by atoms with Crippen LogP contribution < -0.4 is 0 Å². The summed E-state index contributed by atoms with van der Waals surface area (Å²) in [6.07, 6.45) is 3.53. The van der Waals surface area contributed by atoms with Gasteiger partial charge in [-0.15, -0.1) is 11.3 Å². The van der Waals surface area contributed by atoms with E-state index in [4.69, 9.17) is 4.74 Å². The van der Waals surface area contributed by atoms with E-state index in [0.29, 0.717) is 17.7 Å². The number of aromatic nitrogens is 1. The predicted molar refractivity (Wildman–Crippen MR) is 85.4 cm³/mol. The van der Waals surface area contributed by atoms with Crippen molar-refractivity contribution in [1.82, 2.24) is 14.8 Å². The van der Waals surface area contributed by atoms with Crippen LogP contribution in [0.4, 0.5) is 0 Å². The SMILES string of the molecule is C[C@@H]1[C@H](N2CCOCC2)CCN1C(=O)c1csc(C2CC2)n1. The van der Waals surface area contributed by atoms with Crippen molar-refractivity contribution in [3.63, 3.8) is 0 Å². The van der Waals surface area contributed by atoms with Crippen molar-refractivity contribution < 1.29 is 9.53 Å². The molecular weight excluding hydrogens is 298 g/mol. The van der Waals surface area contributed by atoms with E-state index < -0.39 is 0 Å². The molecule has 1 aromatic heterocycles. The number of amides is 1. The molecule has 5 nitrogen and oxygen atoms in total. The number of hydrogen-bond donors (Lipinski definition) is 0. The number of thiazole rings is 1. The number of nitrogens with zero attached hydrogens (tertiary/aromatic N) is 3. The number of morpholine rings is 1. The van der Waals surface area contributed by atoms with Gasteiger partial charge in [0, 0.05) is 43.0 Å². The number of rotatable bonds is 3. The van der Waals surface area contributed by atoms with Gasteiger partial charge in [0.15, 0.2) is 0 Å². The largest absolute Gasteiger partial charge is 0.379 e. The van der Waals surface area contributed by atoms with Gasteiger partial charge in [-0.05, 0) is 26.2 Å². The van der Waals surface area contributed by atoms with Gasteiger partial charge in [-0.2, -0.15) is 0 Å². The highest BCUT2D eigenvalue weighted by atomic mass is 32.1. The Labute approximate surface area is 135 Å². The Morgan fingerprint density at radius 3 is 2.77 bits per heavy atom. The maximum atomic E-state index is 12.8. The Bertz CT molecular complexity index is 551. The minimum Gasteiger partial charge on any atom is -0.379 e. The van der Waals surface area contributed by atoms with E-state index in [0.717, 1.165) is 44.3 Å². The van der Waals surface area contributed by atoms with Crippen LogP contribution in [0.1, 0.15) is 47.6 Å². The monoisotopic (exact) mass is 321 g/mol. The van der Waals surface area contributed by atoms with Crippen LogP contribution in [0.25, 0.3) is 0 Å². The van der Waals surface area contributed by atoms with Gasteiger partial charge in [-0.25, -0.2) is 4.98 Å². The molecular formula is C16H23N3O2S. The van der Waals surface area contributed by atoms with E-state index >= 15 is 0 Å². The average Bonchev–Trinajstić information content (AvgIpc) is 3.15. The van der Waals surface area contributed by atoms with Gasteiger partial charge in [0.25, 0.3) is 5.91 Å². The molecule has 0 unspecified atom stereocenters. The first-order chi connectivity index (χ1) is 10.7. The van der Waals surface area contributed by atoms with Crippen molar-refractivity contribution in [3.8, 4) is 0 Å². The summed E-state index contributed by atoms with van der Waals surface area (Å²) in [6, 6.07) is 0.728. The minimum atomic E-state index is 0.117. The zero-order valence-corrected chi connectivity index (χ0v) is 13.8. The molecule has 120 valence electrons. The van der Waals surface area contributed by atoms with E-state index in [1.54, 1.807) is 11.3 Å². The van der Waals surface area contributed by atoms with Crippen LogP contribution in [-0.4, -0.2) is 65.6 Å². The smallest absolute Gasteiger partial charge is 0.273 e. The van der Waals surface area contributed by atoms with Crippen LogP contribution in [0.2, 0.25) is 0 Å². The number of likely N-dealkylation sites (tertiary alicyclic amines) is 1. The highest BCUT2D eigenvalue weighted by Gasteiger charge is 2.39. The molecule has 0 spiro atoms. The van der Waals surface area contributed by atoms with E-state index in [2.05, 4.69) is 16.8 Å². The second-order valence-electron chi connectivity index (χ2n) is 6.59. The number of carbonyl (C=O) groups is 1. The van der Waals surface area contributed by atoms with Gasteiger partial charge in [0.05, 0.1) is 18.2 Å². The topological polar surface area (TPSA) is 45.7 Å². The van der Waals surface area contributed by atoms with Crippen LogP contribution in [0.3, 0.4) is 0 Å². The predicted octanol–water partition coefficient (Wildman–Crippen LogP) is 1.96. The van der Waals surface area contributed by atoms with Crippen LogP contribution in [0.15, 0.2) is 5.38 Å². The fourth-order valence-electron chi connectivity index (χ4n) is 3.66. The summed E-state index contributed by atoms with van der Waals surface area (Å²) in [5.74, 6) is 0.745. The van der Waals surface area contributed by atoms with Crippen molar-refractivity contribution in [2.24, 2.45) is 0 Å². The second kappa shape index (κ2) is 5.91. The summed E-state index contributed by atoms with van der Waals surface area (Å²) in [6.45, 7) is 6.62. The van der Waals surface area contributed by atoms with E-state index in [1.807, 2.05) is 10.3 Å². The average molecular weight is 321 g/mol. The molecule has 3 fully saturated rings. The molecule has 1 aromatic rings. The Hall–Kier alpha value is -0.980. The Morgan fingerprint density at radius 2 is 2.05 bits per heavy atom. The van der Waals surface area contributed by atoms with Gasteiger partial charge in [0.2, 0.25) is 0 Å². The number of ether oxygens (including phenoxy) is 1. The number of hydrogen-bond acceptors (Lipinski definition) is 5. The fraction of sp³-hybridized carbons (Fsp3) is 0.750. The molecule has 2 saturated heterocycles. The molecule has 4 rings (SSSR count). The number of carbonyl (C=O) groups excluding carboxylic acids is 1. The second-order valence-corrected chi connectivity index (χ2v) is 7.48. The van der Waals surface area contributed by atoms with Crippen molar-refractivity contribution in [1.29, 1.82) is 0 Å². The minimum absolute atomic E-state index is 0.117. The first-order valence-electron chi connectivity index (χ1n) is 8.32. The first kappa shape index (κ1) is 14.6. The summed E-state index contributed by atoms with van der Waals surface area (Å²) in [7, 11) is 0. The van der Waals surface area contributed by atoms with E-state index in [1.165, 1.54) is 12.8 Å². The quantitative estimate of drug-likeness (QED) is 0.854. The lowest BCUT2D eigenvalue weighted by molar-refractivity contribution is 0.0104. The van der Waals surface area contributed by atoms with Gasteiger partial charge in [-0.3, -0.25) is 9.69 Å². The van der Waals surface area contributed by atoms with Gasteiger partial charge in [-0.1, -0.05) is 0 Å². The van der Waals surface area contributed by atoms with E-state index in [-0.39, 0.29) is 11.9 Å². The van der Waals surface area contributed by atoms with Crippen LogP contribution in [0.5, 0.6) is 0 Å². The Morgan fingerprint density at radius 1 is 1.27 bits per heavy atom. The first-order valence-corrected chi connectivity index (χ1v) is 9.20. The van der Waals surface area contributed by atoms with Crippen LogP contribution >= 0.6 is 11.3 Å². The summed E-state index contributed by atoms with van der Waals surface area (Å²) < 4.78 is 5.44. The van der Waals surface area contributed by atoms with Gasteiger partial charge >= 0.3 is 0 Å². The Balaban J connectivity index is 1.44. The summed E-state index contributed by atoms with van der Waals surface area (Å²) in [5.41, 5.74) is 0.654. The highest BCUT2D eigenvalue weighted by molar-refractivity contribution is 7.10. The highest BCUT2D eigenvalue weighted by Crippen LogP contribution is 2.41. The van der Waals surface area contributed by atoms with Gasteiger partial charge in [0.1, 0.15) is 5.69 Å². The zero-order chi connectivity index (χ0) is 15.1. The lowest BCUT2D eigenvalue weighted by atomic mass is 10.1. The molecule has 0 N–H and O–H groups in total. The Kier molecular flexibility index (Phi) is 3.92. The van der Waals surface area contributed by atoms with Crippen LogP contribution in [-0.2, 0) is 4.74 Å². The van der Waals surface area contributed by atoms with Crippen molar-refractivity contribution >= 4 is 17.2 Å². The maximum Gasteiger partial charge on any atom is 0.273 e. The molecule has 3 aliphatic rings. The summed E-state index contributed by atoms with van der Waals surface area (Å²) in [4.78, 5) is 21.9. The van der Waals surface area contributed by atoms with E-state index in [9.17, 15) is 4.79 Å². The van der Waals surface area contributed by atoms with Crippen molar-refractivity contribution in [3.05, 3.63) is 16.1 Å². The summed E-state index contributed by atoms with van der Waals surface area (Å²) >= 11 is 1.65. The molecule has 3 heterocycles. The standard InChI is InChI=1S/C16H23N3O2S/c1-11-14(18-6-8-21-9-7-18)4-5-19(11)16(20)13-10-22-15(17-13)12-2-3-12/h10-12,14H,2-9H2,1H3/t11-,14-/m1/s1. The van der Waals surface area contributed by atoms with Gasteiger partial charge < -0.3 is 9.64 Å². The molecule has 2 aliphatic heterocycles. The van der Waals surface area contributed by atoms with Crippen molar-refractivity contribution in [2.45, 2.75) is 44.2 Å². The molecule has 0 aromatic carbocycles. The normalized spacial score (nSPS) is 30.0. The molecule has 6 heteroatoms. The lowest BCUT2D eigenvalue weighted by Crippen LogP contribution is -2.49. The molecule has 1 amide bonds. The fourth-order valence-corrected chi connectivity index (χ4v) is 4.62. The third kappa shape index (κ3) is 2.68. The lowest BCUT2D eigenvalue weighted by Gasteiger charge is -2.35. The molecule has 1 aliphatic carbocycles. The van der Waals surface area contributed by atoms with Crippen molar-refractivity contribution in [2.75, 3.05) is 32.8 Å². The summed E-state index contributed by atoms with van der Waals surface area (Å²) in [5, 5.41) is 3.10. The third-order valence-corrected chi connectivity index (χ3v) is 6.16. The molecule has 2 atom stereocenters. The molecule has 1 saturated carbocycles. The maximum absolute atomic E-state index is 12.8. The zero-order valence-electron chi connectivity index (χ0n) is 13.0. The van der Waals surface area contributed by atoms with Crippen LogP contribution in [0, 0.1) is 0 Å². The molecule has 0 bridgehead atoms.